The number of piperidine rings is 1. The van der Waals surface area contributed by atoms with Gasteiger partial charge in [-0.2, -0.15) is 0 Å². The minimum absolute atomic E-state index is 0.0680. The quantitative estimate of drug-likeness (QED) is 0.673. The largest absolute Gasteiger partial charge is 0.393 e. The Hall–Kier alpha value is -1.73. The first-order chi connectivity index (χ1) is 9.13. The third-order valence-electron chi connectivity index (χ3n) is 3.31. The molecule has 100 valence electrons. The van der Waals surface area contributed by atoms with Gasteiger partial charge < -0.3 is 10.0 Å². The van der Waals surface area contributed by atoms with Gasteiger partial charge in [-0.3, -0.25) is 10.1 Å². The van der Waals surface area contributed by atoms with E-state index in [0.29, 0.717) is 5.52 Å². The molecule has 3 rings (SSSR count). The Bertz CT molecular complexity index is 620. The number of aliphatic hydroxyl groups is 1. The third kappa shape index (κ3) is 2.39. The second-order valence-electron chi connectivity index (χ2n) is 4.62. The second kappa shape index (κ2) is 4.75. The number of hydrogen-bond acceptors (Lipinski definition) is 6. The maximum atomic E-state index is 10.7. The number of rotatable bonds is 2. The summed E-state index contributed by atoms with van der Waals surface area (Å²) in [5.41, 5.74) is 0.735. The van der Waals surface area contributed by atoms with E-state index in [1.165, 1.54) is 23.5 Å². The highest BCUT2D eigenvalue weighted by molar-refractivity contribution is 7.22. The van der Waals surface area contributed by atoms with Crippen LogP contribution in [0.5, 0.6) is 0 Å². The summed E-state index contributed by atoms with van der Waals surface area (Å²) < 4.78 is 0.951. The van der Waals surface area contributed by atoms with Gasteiger partial charge in [-0.1, -0.05) is 11.3 Å². The highest BCUT2D eigenvalue weighted by Gasteiger charge is 2.20. The Balaban J connectivity index is 1.91. The van der Waals surface area contributed by atoms with E-state index in [1.54, 1.807) is 6.07 Å². The fourth-order valence-corrected chi connectivity index (χ4v) is 3.21. The molecule has 0 unspecified atom stereocenters. The Morgan fingerprint density at radius 2 is 2.16 bits per heavy atom. The fourth-order valence-electron chi connectivity index (χ4n) is 2.21. The lowest BCUT2D eigenvalue weighted by Crippen LogP contribution is -2.35. The van der Waals surface area contributed by atoms with Crippen molar-refractivity contribution in [2.45, 2.75) is 18.9 Å². The van der Waals surface area contributed by atoms with Crippen molar-refractivity contribution in [1.82, 2.24) is 4.98 Å². The van der Waals surface area contributed by atoms with Gasteiger partial charge in [0.05, 0.1) is 21.2 Å². The number of aliphatic hydroxyl groups excluding tert-OH is 1. The van der Waals surface area contributed by atoms with Crippen molar-refractivity contribution in [3.8, 4) is 0 Å². The first kappa shape index (κ1) is 12.3. The summed E-state index contributed by atoms with van der Waals surface area (Å²) >= 11 is 1.54. The molecule has 0 saturated carbocycles. The number of aromatic nitrogens is 1. The van der Waals surface area contributed by atoms with Crippen LogP contribution in [0.4, 0.5) is 10.8 Å². The summed E-state index contributed by atoms with van der Waals surface area (Å²) in [5.74, 6) is 0. The molecule has 6 nitrogen and oxygen atoms in total. The summed E-state index contributed by atoms with van der Waals surface area (Å²) in [7, 11) is 0. The molecule has 7 heteroatoms. The van der Waals surface area contributed by atoms with Gasteiger partial charge in [-0.25, -0.2) is 4.98 Å². The van der Waals surface area contributed by atoms with Gasteiger partial charge in [-0.15, -0.1) is 0 Å². The number of hydrogen-bond donors (Lipinski definition) is 1. The van der Waals surface area contributed by atoms with Crippen LogP contribution in [0.1, 0.15) is 12.8 Å². The van der Waals surface area contributed by atoms with Crippen LogP contribution < -0.4 is 4.90 Å². The molecule has 0 amide bonds. The van der Waals surface area contributed by atoms with Crippen LogP contribution in [0.15, 0.2) is 18.2 Å². The number of thiazole rings is 1. The van der Waals surface area contributed by atoms with Crippen LogP contribution in [0.3, 0.4) is 0 Å². The highest BCUT2D eigenvalue weighted by Crippen LogP contribution is 2.32. The van der Waals surface area contributed by atoms with Crippen LogP contribution >= 0.6 is 11.3 Å². The van der Waals surface area contributed by atoms with Gasteiger partial charge in [0.15, 0.2) is 5.13 Å². The van der Waals surface area contributed by atoms with E-state index in [9.17, 15) is 15.2 Å². The SMILES string of the molecule is O=[N+]([O-])c1ccc2sc(N3CCC(O)CC3)nc2c1. The van der Waals surface area contributed by atoms with Gasteiger partial charge in [0.1, 0.15) is 0 Å². The minimum Gasteiger partial charge on any atom is -0.393 e. The van der Waals surface area contributed by atoms with Crippen LogP contribution in [0.2, 0.25) is 0 Å². The zero-order chi connectivity index (χ0) is 13.4. The molecule has 0 atom stereocenters. The van der Waals surface area contributed by atoms with Gasteiger partial charge >= 0.3 is 0 Å². The van der Waals surface area contributed by atoms with Crippen molar-refractivity contribution < 1.29 is 10.0 Å². The molecule has 0 bridgehead atoms. The second-order valence-corrected chi connectivity index (χ2v) is 5.63. The zero-order valence-corrected chi connectivity index (χ0v) is 11.0. The van der Waals surface area contributed by atoms with E-state index in [2.05, 4.69) is 9.88 Å². The Morgan fingerprint density at radius 3 is 2.84 bits per heavy atom. The molecule has 1 aromatic heterocycles. The summed E-state index contributed by atoms with van der Waals surface area (Å²) in [6.07, 6.45) is 1.28. The highest BCUT2D eigenvalue weighted by atomic mass is 32.1. The molecule has 0 aliphatic carbocycles. The average Bonchev–Trinajstić information content (AvgIpc) is 2.82. The molecule has 1 aromatic carbocycles. The van der Waals surface area contributed by atoms with Crippen molar-refractivity contribution >= 4 is 32.4 Å². The zero-order valence-electron chi connectivity index (χ0n) is 10.2. The molecular weight excluding hydrogens is 266 g/mol. The Labute approximate surface area is 113 Å². The number of nitro benzene ring substituents is 1. The smallest absolute Gasteiger partial charge is 0.271 e. The predicted octanol–water partition coefficient (Wildman–Crippen LogP) is 2.17. The first-order valence-electron chi connectivity index (χ1n) is 6.11. The first-order valence-corrected chi connectivity index (χ1v) is 6.93. The topological polar surface area (TPSA) is 79.5 Å². The molecule has 2 heterocycles. The number of fused-ring (bicyclic) bond motifs is 1. The van der Waals surface area contributed by atoms with Crippen LogP contribution in [0, 0.1) is 10.1 Å². The molecule has 19 heavy (non-hydrogen) atoms. The van der Waals surface area contributed by atoms with E-state index in [-0.39, 0.29) is 11.8 Å². The fraction of sp³-hybridized carbons (Fsp3) is 0.417. The number of non-ortho nitro benzene ring substituents is 1. The summed E-state index contributed by atoms with van der Waals surface area (Å²) in [6, 6.07) is 4.76. The van der Waals surface area contributed by atoms with E-state index < -0.39 is 4.92 Å². The molecular formula is C12H13N3O3S. The standard InChI is InChI=1S/C12H13N3O3S/c16-9-3-5-14(6-4-9)12-13-10-7-8(15(17)18)1-2-11(10)19-12/h1-2,7,9,16H,3-6H2. The van der Waals surface area contributed by atoms with E-state index in [1.807, 2.05) is 0 Å². The predicted molar refractivity (Wildman–Crippen MR) is 73.7 cm³/mol. The van der Waals surface area contributed by atoms with E-state index >= 15 is 0 Å². The van der Waals surface area contributed by atoms with Gasteiger partial charge in [0.25, 0.3) is 5.69 Å². The van der Waals surface area contributed by atoms with Crippen molar-refractivity contribution in [2.24, 2.45) is 0 Å². The normalized spacial score (nSPS) is 17.0. The lowest BCUT2D eigenvalue weighted by Gasteiger charge is -2.28. The van der Waals surface area contributed by atoms with Gasteiger partial charge in [0, 0.05) is 25.2 Å². The molecule has 0 radical (unpaired) electrons. The molecule has 1 N–H and O–H groups in total. The molecule has 0 spiro atoms. The van der Waals surface area contributed by atoms with Gasteiger partial charge in [-0.05, 0) is 18.9 Å². The molecule has 1 fully saturated rings. The summed E-state index contributed by atoms with van der Waals surface area (Å²) in [6.45, 7) is 1.56. The maximum absolute atomic E-state index is 10.7. The van der Waals surface area contributed by atoms with Crippen molar-refractivity contribution in [1.29, 1.82) is 0 Å². The van der Waals surface area contributed by atoms with E-state index in [0.717, 1.165) is 35.8 Å². The number of nitro groups is 1. The Morgan fingerprint density at radius 1 is 1.42 bits per heavy atom. The number of anilines is 1. The number of benzene rings is 1. The van der Waals surface area contributed by atoms with Crippen molar-refractivity contribution in [3.63, 3.8) is 0 Å². The van der Waals surface area contributed by atoms with Crippen molar-refractivity contribution in [3.05, 3.63) is 28.3 Å². The third-order valence-corrected chi connectivity index (χ3v) is 4.40. The monoisotopic (exact) mass is 279 g/mol. The maximum Gasteiger partial charge on any atom is 0.271 e. The lowest BCUT2D eigenvalue weighted by molar-refractivity contribution is -0.384. The molecule has 1 aliphatic heterocycles. The number of nitrogens with zero attached hydrogens (tertiary/aromatic N) is 3. The average molecular weight is 279 g/mol. The van der Waals surface area contributed by atoms with E-state index in [4.69, 9.17) is 0 Å². The van der Waals surface area contributed by atoms with Crippen LogP contribution in [-0.4, -0.2) is 34.2 Å². The molecule has 1 saturated heterocycles. The van der Waals surface area contributed by atoms with Gasteiger partial charge in [0.2, 0.25) is 0 Å². The van der Waals surface area contributed by atoms with Crippen molar-refractivity contribution in [2.75, 3.05) is 18.0 Å². The minimum atomic E-state index is -0.407. The Kier molecular flexibility index (Phi) is 3.08. The summed E-state index contributed by atoms with van der Waals surface area (Å²) in [5, 5.41) is 21.1. The molecule has 2 aromatic rings. The van der Waals surface area contributed by atoms with Crippen LogP contribution in [-0.2, 0) is 0 Å². The lowest BCUT2D eigenvalue weighted by atomic mass is 10.1. The summed E-state index contributed by atoms with van der Waals surface area (Å²) in [4.78, 5) is 16.9. The van der Waals surface area contributed by atoms with Crippen LogP contribution in [0.25, 0.3) is 10.2 Å². The molecule has 1 aliphatic rings.